The number of amides is 4. The average molecular weight is 493 g/mol. The lowest BCUT2D eigenvalue weighted by atomic mass is 10.1. The van der Waals surface area contributed by atoms with E-state index in [1.54, 1.807) is 0 Å². The van der Waals surface area contributed by atoms with Crippen molar-refractivity contribution in [2.75, 3.05) is 5.75 Å². The van der Waals surface area contributed by atoms with Gasteiger partial charge in [0.05, 0.1) is 12.5 Å². The summed E-state index contributed by atoms with van der Waals surface area (Å²) in [7, 11) is 0. The standard InChI is InChI=1S/C17H27N5O10S/c18-7(1-3-11(19)23)14(28)22-10(6-33)16(30)21-9(5-13(26)27)15(29)20-8(17(31)32)2-4-12(24)25/h7-10,33H,1-6,18H2,(H2,19,23)(H,20,29)(H,21,30)(H,22,28)(H,24,25)(H,26,27)(H,31,32). The second-order valence-corrected chi connectivity index (χ2v) is 7.21. The van der Waals surface area contributed by atoms with E-state index in [2.05, 4.69) is 23.3 Å². The molecule has 0 aliphatic carbocycles. The van der Waals surface area contributed by atoms with Crippen molar-refractivity contribution in [1.82, 2.24) is 16.0 Å². The molecule has 0 bridgehead atoms. The summed E-state index contributed by atoms with van der Waals surface area (Å²) < 4.78 is 0. The van der Waals surface area contributed by atoms with Crippen LogP contribution in [-0.4, -0.2) is 86.8 Å². The molecule has 0 spiro atoms. The van der Waals surface area contributed by atoms with E-state index in [1.807, 2.05) is 5.32 Å². The van der Waals surface area contributed by atoms with Crippen molar-refractivity contribution in [2.45, 2.75) is 56.3 Å². The topological polar surface area (TPSA) is 268 Å². The lowest BCUT2D eigenvalue weighted by molar-refractivity contribution is -0.144. The maximum Gasteiger partial charge on any atom is 0.326 e. The molecule has 0 aliphatic rings. The number of thiol groups is 1. The summed E-state index contributed by atoms with van der Waals surface area (Å²) in [5.41, 5.74) is 10.6. The van der Waals surface area contributed by atoms with Crippen LogP contribution in [0, 0.1) is 0 Å². The van der Waals surface area contributed by atoms with Gasteiger partial charge in [-0.2, -0.15) is 12.6 Å². The highest BCUT2D eigenvalue weighted by Crippen LogP contribution is 2.03. The first kappa shape index (κ1) is 29.6. The highest BCUT2D eigenvalue weighted by molar-refractivity contribution is 7.80. The van der Waals surface area contributed by atoms with Gasteiger partial charge >= 0.3 is 17.9 Å². The molecule has 0 saturated carbocycles. The lowest BCUT2D eigenvalue weighted by Gasteiger charge is -2.23. The zero-order valence-corrected chi connectivity index (χ0v) is 18.2. The number of hydrogen-bond donors (Lipinski definition) is 9. The minimum Gasteiger partial charge on any atom is -0.481 e. The summed E-state index contributed by atoms with van der Waals surface area (Å²) in [6.45, 7) is 0. The number of nitrogens with one attached hydrogen (secondary N) is 3. The molecule has 4 amide bonds. The molecule has 4 atom stereocenters. The van der Waals surface area contributed by atoms with E-state index in [0.717, 1.165) is 0 Å². The summed E-state index contributed by atoms with van der Waals surface area (Å²) in [6, 6.07) is -5.93. The fraction of sp³-hybridized carbons (Fsp3) is 0.588. The van der Waals surface area contributed by atoms with Crippen LogP contribution in [0.2, 0.25) is 0 Å². The van der Waals surface area contributed by atoms with Crippen LogP contribution in [0.25, 0.3) is 0 Å². The molecule has 0 aliphatic heterocycles. The van der Waals surface area contributed by atoms with Gasteiger partial charge in [0.1, 0.15) is 18.1 Å². The van der Waals surface area contributed by atoms with E-state index >= 15 is 0 Å². The van der Waals surface area contributed by atoms with Gasteiger partial charge < -0.3 is 42.7 Å². The Morgan fingerprint density at radius 3 is 1.70 bits per heavy atom. The van der Waals surface area contributed by atoms with Crippen molar-refractivity contribution in [3.8, 4) is 0 Å². The van der Waals surface area contributed by atoms with Crippen molar-refractivity contribution >= 4 is 54.2 Å². The van der Waals surface area contributed by atoms with Gasteiger partial charge in [0, 0.05) is 18.6 Å². The monoisotopic (exact) mass is 493 g/mol. The van der Waals surface area contributed by atoms with E-state index < -0.39 is 85.0 Å². The number of rotatable bonds is 16. The van der Waals surface area contributed by atoms with E-state index in [0.29, 0.717) is 0 Å². The Bertz CT molecular complexity index is 777. The fourth-order valence-electron chi connectivity index (χ4n) is 2.36. The van der Waals surface area contributed by atoms with Crippen LogP contribution in [0.4, 0.5) is 0 Å². The molecular weight excluding hydrogens is 466 g/mol. The predicted molar refractivity (Wildman–Crippen MR) is 113 cm³/mol. The molecule has 4 unspecified atom stereocenters. The van der Waals surface area contributed by atoms with Crippen molar-refractivity contribution in [3.05, 3.63) is 0 Å². The number of carbonyl (C=O) groups is 7. The summed E-state index contributed by atoms with van der Waals surface area (Å²) in [5.74, 6) is -8.38. The summed E-state index contributed by atoms with van der Waals surface area (Å²) >= 11 is 3.92. The Labute approximate surface area is 193 Å². The van der Waals surface area contributed by atoms with Crippen molar-refractivity contribution in [2.24, 2.45) is 11.5 Å². The molecule has 0 rings (SSSR count). The Hall–Kier alpha value is -3.40. The molecule has 10 N–H and O–H groups in total. The molecule has 0 radical (unpaired) electrons. The highest BCUT2D eigenvalue weighted by atomic mass is 32.1. The molecule has 186 valence electrons. The van der Waals surface area contributed by atoms with Gasteiger partial charge in [-0.25, -0.2) is 4.79 Å². The van der Waals surface area contributed by atoms with Crippen LogP contribution in [0.3, 0.4) is 0 Å². The smallest absolute Gasteiger partial charge is 0.326 e. The van der Waals surface area contributed by atoms with Gasteiger partial charge in [0.25, 0.3) is 0 Å². The SMILES string of the molecule is NC(=O)CCC(N)C(=O)NC(CS)C(=O)NC(CC(=O)O)C(=O)NC(CCC(=O)O)C(=O)O. The Kier molecular flexibility index (Phi) is 13.1. The van der Waals surface area contributed by atoms with Crippen molar-refractivity contribution < 1.29 is 48.9 Å². The Morgan fingerprint density at radius 2 is 1.24 bits per heavy atom. The maximum absolute atomic E-state index is 12.5. The van der Waals surface area contributed by atoms with Crippen LogP contribution in [-0.2, 0) is 33.6 Å². The van der Waals surface area contributed by atoms with E-state index in [1.165, 1.54) is 0 Å². The lowest BCUT2D eigenvalue weighted by Crippen LogP contribution is -2.58. The van der Waals surface area contributed by atoms with E-state index in [-0.39, 0.29) is 18.6 Å². The molecule has 0 saturated heterocycles. The highest BCUT2D eigenvalue weighted by Gasteiger charge is 2.31. The third-order valence-corrected chi connectivity index (χ3v) is 4.49. The summed E-state index contributed by atoms with van der Waals surface area (Å²) in [5, 5.41) is 33.1. The van der Waals surface area contributed by atoms with Crippen molar-refractivity contribution in [3.63, 3.8) is 0 Å². The van der Waals surface area contributed by atoms with Gasteiger partial charge in [-0.15, -0.1) is 0 Å². The van der Waals surface area contributed by atoms with Gasteiger partial charge in [-0.3, -0.25) is 28.8 Å². The second kappa shape index (κ2) is 14.6. The molecule has 0 aromatic carbocycles. The molecule has 0 aromatic heterocycles. The summed E-state index contributed by atoms with van der Waals surface area (Å²) in [6.07, 6.45) is -2.29. The summed E-state index contributed by atoms with van der Waals surface area (Å²) in [4.78, 5) is 80.7. The van der Waals surface area contributed by atoms with Crippen LogP contribution < -0.4 is 27.4 Å². The minimum atomic E-state index is -1.75. The number of hydrogen-bond acceptors (Lipinski definition) is 9. The number of carboxylic acids is 3. The van der Waals surface area contributed by atoms with Crippen LogP contribution in [0.1, 0.15) is 32.1 Å². The van der Waals surface area contributed by atoms with E-state index in [4.69, 9.17) is 26.8 Å². The molecule has 0 heterocycles. The Balaban J connectivity index is 5.26. The number of carboxylic acid groups (broad SMARTS) is 3. The molecule has 0 aromatic rings. The number of nitrogens with two attached hydrogens (primary N) is 2. The first-order valence-corrected chi connectivity index (χ1v) is 10.1. The number of aliphatic carboxylic acids is 3. The molecule has 15 nitrogen and oxygen atoms in total. The first-order valence-electron chi connectivity index (χ1n) is 9.50. The molecular formula is C17H27N5O10S. The molecule has 33 heavy (non-hydrogen) atoms. The minimum absolute atomic E-state index is 0.0982. The maximum atomic E-state index is 12.5. The molecule has 16 heteroatoms. The van der Waals surface area contributed by atoms with Crippen LogP contribution in [0.15, 0.2) is 0 Å². The molecule has 0 fully saturated rings. The third kappa shape index (κ3) is 12.3. The average Bonchev–Trinajstić information content (AvgIpc) is 2.71. The van der Waals surface area contributed by atoms with Crippen molar-refractivity contribution in [1.29, 1.82) is 0 Å². The zero-order valence-electron chi connectivity index (χ0n) is 17.4. The van der Waals surface area contributed by atoms with Gasteiger partial charge in [0.2, 0.25) is 23.6 Å². The third-order valence-electron chi connectivity index (χ3n) is 4.13. The fourth-order valence-corrected chi connectivity index (χ4v) is 2.61. The van der Waals surface area contributed by atoms with Gasteiger partial charge in [-0.1, -0.05) is 0 Å². The predicted octanol–water partition coefficient (Wildman–Crippen LogP) is -3.61. The normalized spacial score (nSPS) is 14.1. The Morgan fingerprint density at radius 1 is 0.727 bits per heavy atom. The zero-order chi connectivity index (χ0) is 25.7. The number of carbonyl (C=O) groups excluding carboxylic acids is 4. The first-order chi connectivity index (χ1) is 15.3. The van der Waals surface area contributed by atoms with E-state index in [9.17, 15) is 33.6 Å². The number of primary amides is 1. The van der Waals surface area contributed by atoms with Crippen LogP contribution in [0.5, 0.6) is 0 Å². The largest absolute Gasteiger partial charge is 0.481 e. The second-order valence-electron chi connectivity index (χ2n) is 6.85. The van der Waals surface area contributed by atoms with Gasteiger partial charge in [-0.05, 0) is 12.8 Å². The van der Waals surface area contributed by atoms with Crippen LogP contribution >= 0.6 is 12.6 Å². The van der Waals surface area contributed by atoms with Gasteiger partial charge in [0.15, 0.2) is 0 Å². The quantitative estimate of drug-likeness (QED) is 0.0947.